The van der Waals surface area contributed by atoms with E-state index >= 15 is 0 Å². The molecule has 0 saturated carbocycles. The molecule has 0 saturated heterocycles. The molecule has 0 fully saturated rings. The lowest BCUT2D eigenvalue weighted by Crippen LogP contribution is -2.05. The summed E-state index contributed by atoms with van der Waals surface area (Å²) in [6.45, 7) is 0. The summed E-state index contributed by atoms with van der Waals surface area (Å²) in [7, 11) is -0.436. The van der Waals surface area contributed by atoms with Crippen molar-refractivity contribution in [2.24, 2.45) is 4.36 Å². The summed E-state index contributed by atoms with van der Waals surface area (Å²) in [5, 5.41) is 0.0633. The molecule has 0 aliphatic carbocycles. The van der Waals surface area contributed by atoms with Crippen LogP contribution in [0.5, 0.6) is 0 Å². The largest absolute Gasteiger partial charge is 0.418 e. The minimum absolute atomic E-state index is 0.0553. The minimum atomic E-state index is -4.41. The van der Waals surface area contributed by atoms with Crippen molar-refractivity contribution in [2.45, 2.75) is 6.18 Å². The van der Waals surface area contributed by atoms with Gasteiger partial charge in [-0.15, -0.1) is 10.7 Å². The Balaban J connectivity index is 3.34. The number of halogens is 4. The Hall–Kier alpha value is -0.550. The number of benzene rings is 1. The molecule has 6 heteroatoms. The summed E-state index contributed by atoms with van der Waals surface area (Å²) in [5.74, 6) is 0. The lowest BCUT2D eigenvalue weighted by Gasteiger charge is -2.10. The van der Waals surface area contributed by atoms with Gasteiger partial charge in [-0.1, -0.05) is 11.6 Å². The van der Waals surface area contributed by atoms with E-state index in [1.54, 1.807) is 12.5 Å². The summed E-state index contributed by atoms with van der Waals surface area (Å²) in [6.07, 6.45) is -0.924. The SMILES string of the molecule is CS(C)=Nc1ccc(Cl)cc1C(F)(F)F. The van der Waals surface area contributed by atoms with Crippen molar-refractivity contribution in [2.75, 3.05) is 12.5 Å². The number of alkyl halides is 3. The molecule has 0 aliphatic heterocycles. The van der Waals surface area contributed by atoms with E-state index in [-0.39, 0.29) is 10.7 Å². The Morgan fingerprint density at radius 2 is 1.87 bits per heavy atom. The quantitative estimate of drug-likeness (QED) is 0.718. The Labute approximate surface area is 93.4 Å². The molecule has 0 aliphatic rings. The van der Waals surface area contributed by atoms with Gasteiger partial charge in [0.1, 0.15) is 0 Å². The van der Waals surface area contributed by atoms with Crippen LogP contribution in [0.3, 0.4) is 0 Å². The van der Waals surface area contributed by atoms with Gasteiger partial charge in [0, 0.05) is 5.02 Å². The summed E-state index contributed by atoms with van der Waals surface area (Å²) in [5.41, 5.74) is -0.837. The van der Waals surface area contributed by atoms with Crippen LogP contribution in [0.25, 0.3) is 0 Å². The van der Waals surface area contributed by atoms with Crippen LogP contribution in [0.2, 0.25) is 5.02 Å². The Kier molecular flexibility index (Phi) is 3.78. The van der Waals surface area contributed by atoms with E-state index in [0.29, 0.717) is 0 Å². The van der Waals surface area contributed by atoms with Gasteiger partial charge in [0.2, 0.25) is 0 Å². The third kappa shape index (κ3) is 3.50. The predicted molar refractivity (Wildman–Crippen MR) is 57.8 cm³/mol. The topological polar surface area (TPSA) is 12.4 Å². The lowest BCUT2D eigenvalue weighted by atomic mass is 10.2. The first kappa shape index (κ1) is 12.5. The van der Waals surface area contributed by atoms with Gasteiger partial charge in [-0.3, -0.25) is 0 Å². The van der Waals surface area contributed by atoms with E-state index in [9.17, 15) is 13.2 Å². The number of rotatable bonds is 1. The molecule has 0 heterocycles. The molecule has 0 spiro atoms. The van der Waals surface area contributed by atoms with Gasteiger partial charge in [0.25, 0.3) is 0 Å². The Morgan fingerprint density at radius 1 is 1.27 bits per heavy atom. The van der Waals surface area contributed by atoms with Crippen molar-refractivity contribution in [3.63, 3.8) is 0 Å². The molecule has 0 radical (unpaired) electrons. The molecule has 1 rings (SSSR count). The zero-order chi connectivity index (χ0) is 11.6. The molecule has 15 heavy (non-hydrogen) atoms. The standard InChI is InChI=1S/C9H9ClF3NS/c1-15(2)14-8-4-3-6(10)5-7(8)9(11,12)13/h3-5H,1-2H3. The zero-order valence-electron chi connectivity index (χ0n) is 8.10. The predicted octanol–water partition coefficient (Wildman–Crippen LogP) is 4.05. The molecular formula is C9H9ClF3NS. The van der Waals surface area contributed by atoms with Crippen molar-refractivity contribution in [3.8, 4) is 0 Å². The molecule has 0 atom stereocenters. The normalized spacial score (nSPS) is 11.9. The minimum Gasteiger partial charge on any atom is -0.228 e. The smallest absolute Gasteiger partial charge is 0.228 e. The van der Waals surface area contributed by atoms with E-state index in [0.717, 1.165) is 6.07 Å². The highest BCUT2D eigenvalue weighted by Crippen LogP contribution is 2.37. The summed E-state index contributed by atoms with van der Waals surface area (Å²) in [4.78, 5) is 0. The molecule has 0 N–H and O–H groups in total. The summed E-state index contributed by atoms with van der Waals surface area (Å²) < 4.78 is 41.6. The molecule has 1 nitrogen and oxygen atoms in total. The summed E-state index contributed by atoms with van der Waals surface area (Å²) >= 11 is 5.52. The van der Waals surface area contributed by atoms with Crippen molar-refractivity contribution in [1.29, 1.82) is 0 Å². The van der Waals surface area contributed by atoms with Gasteiger partial charge in [0.05, 0.1) is 11.3 Å². The number of hydrogen-bond donors (Lipinski definition) is 0. The van der Waals surface area contributed by atoms with Gasteiger partial charge in [-0.2, -0.15) is 13.2 Å². The maximum atomic E-state index is 12.6. The van der Waals surface area contributed by atoms with Crippen molar-refractivity contribution in [3.05, 3.63) is 28.8 Å². The maximum absolute atomic E-state index is 12.6. The first-order valence-electron chi connectivity index (χ1n) is 3.97. The van der Waals surface area contributed by atoms with Gasteiger partial charge in [-0.25, -0.2) is 4.36 Å². The number of hydrogen-bond acceptors (Lipinski definition) is 1. The summed E-state index contributed by atoms with van der Waals surface area (Å²) in [6, 6.07) is 3.59. The molecule has 1 aromatic carbocycles. The third-order valence-electron chi connectivity index (χ3n) is 1.54. The second-order valence-corrected chi connectivity index (χ2v) is 5.19. The van der Waals surface area contributed by atoms with E-state index in [1.165, 1.54) is 12.1 Å². The Bertz CT molecular complexity index is 397. The molecule has 0 amide bonds. The second kappa shape index (κ2) is 4.53. The van der Waals surface area contributed by atoms with Crippen LogP contribution in [-0.2, 0) is 16.9 Å². The Morgan fingerprint density at radius 3 is 2.33 bits per heavy atom. The van der Waals surface area contributed by atoms with Crippen LogP contribution >= 0.6 is 11.6 Å². The van der Waals surface area contributed by atoms with Crippen LogP contribution in [0.15, 0.2) is 22.6 Å². The third-order valence-corrected chi connectivity index (χ3v) is 2.34. The highest BCUT2D eigenvalue weighted by atomic mass is 35.5. The molecule has 1 aromatic rings. The van der Waals surface area contributed by atoms with E-state index in [1.807, 2.05) is 0 Å². The van der Waals surface area contributed by atoms with E-state index < -0.39 is 22.4 Å². The maximum Gasteiger partial charge on any atom is 0.418 e. The van der Waals surface area contributed by atoms with Crippen LogP contribution in [0.1, 0.15) is 5.56 Å². The molecule has 0 bridgehead atoms. The van der Waals surface area contributed by atoms with E-state index in [2.05, 4.69) is 4.36 Å². The van der Waals surface area contributed by atoms with Crippen LogP contribution in [0, 0.1) is 0 Å². The molecular weight excluding hydrogens is 247 g/mol. The molecule has 0 aromatic heterocycles. The van der Waals surface area contributed by atoms with E-state index in [4.69, 9.17) is 11.6 Å². The van der Waals surface area contributed by atoms with Gasteiger partial charge < -0.3 is 0 Å². The van der Waals surface area contributed by atoms with Gasteiger partial charge in [-0.05, 0) is 30.7 Å². The lowest BCUT2D eigenvalue weighted by molar-refractivity contribution is -0.137. The molecule has 84 valence electrons. The fourth-order valence-corrected chi connectivity index (χ4v) is 1.74. The van der Waals surface area contributed by atoms with Crippen molar-refractivity contribution >= 4 is 28.0 Å². The first-order valence-corrected chi connectivity index (χ1v) is 6.34. The van der Waals surface area contributed by atoms with Gasteiger partial charge in [0.15, 0.2) is 0 Å². The average molecular weight is 256 g/mol. The number of nitrogens with zero attached hydrogens (tertiary/aromatic N) is 1. The van der Waals surface area contributed by atoms with Crippen LogP contribution < -0.4 is 0 Å². The average Bonchev–Trinajstić information content (AvgIpc) is 2.05. The second-order valence-electron chi connectivity index (χ2n) is 3.02. The van der Waals surface area contributed by atoms with Crippen LogP contribution in [-0.4, -0.2) is 12.5 Å². The molecule has 0 unspecified atom stereocenters. The monoisotopic (exact) mass is 255 g/mol. The highest BCUT2D eigenvalue weighted by Gasteiger charge is 2.33. The first-order chi connectivity index (χ1) is 6.80. The zero-order valence-corrected chi connectivity index (χ0v) is 9.67. The van der Waals surface area contributed by atoms with Crippen LogP contribution in [0.4, 0.5) is 18.9 Å². The highest BCUT2D eigenvalue weighted by molar-refractivity contribution is 7.85. The van der Waals surface area contributed by atoms with Crippen molar-refractivity contribution in [1.82, 2.24) is 0 Å². The fourth-order valence-electron chi connectivity index (χ4n) is 1.01. The van der Waals surface area contributed by atoms with Gasteiger partial charge >= 0.3 is 6.18 Å². The van der Waals surface area contributed by atoms with Crippen molar-refractivity contribution < 1.29 is 13.2 Å². The fraction of sp³-hybridized carbons (Fsp3) is 0.333.